The molecule has 2 rings (SSSR count). The third-order valence-electron chi connectivity index (χ3n) is 3.81. The molecule has 1 heterocycles. The normalized spacial score (nSPS) is 32.5. The van der Waals surface area contributed by atoms with Crippen molar-refractivity contribution < 1.29 is 0 Å². The van der Waals surface area contributed by atoms with Crippen molar-refractivity contribution in [2.24, 2.45) is 11.7 Å². The number of nitrogens with zero attached hydrogens (tertiary/aromatic N) is 1. The van der Waals surface area contributed by atoms with Crippen LogP contribution in [-0.2, 0) is 0 Å². The van der Waals surface area contributed by atoms with Crippen molar-refractivity contribution in [3.05, 3.63) is 0 Å². The summed E-state index contributed by atoms with van der Waals surface area (Å²) in [6.07, 6.45) is 8.44. The Morgan fingerprint density at radius 2 is 1.85 bits per heavy atom. The molecule has 0 aromatic heterocycles. The fourth-order valence-electron chi connectivity index (χ4n) is 2.54. The Morgan fingerprint density at radius 3 is 2.46 bits per heavy atom. The number of hydrogen-bond donors (Lipinski definition) is 1. The summed E-state index contributed by atoms with van der Waals surface area (Å²) in [4.78, 5) is 2.71. The highest BCUT2D eigenvalue weighted by Crippen LogP contribution is 2.27. The van der Waals surface area contributed by atoms with Gasteiger partial charge in [-0.3, -0.25) is 0 Å². The van der Waals surface area contributed by atoms with E-state index in [1.165, 1.54) is 51.6 Å². The van der Waals surface area contributed by atoms with Crippen LogP contribution in [-0.4, -0.2) is 30.6 Å². The van der Waals surface area contributed by atoms with Crippen molar-refractivity contribution in [1.82, 2.24) is 4.90 Å². The molecule has 2 N–H and O–H groups in total. The lowest BCUT2D eigenvalue weighted by molar-refractivity contribution is 0.131. The Balaban J connectivity index is 1.79. The number of likely N-dealkylation sites (tertiary alicyclic amines) is 1. The molecule has 0 radical (unpaired) electrons. The van der Waals surface area contributed by atoms with Gasteiger partial charge in [0.05, 0.1) is 0 Å². The average Bonchev–Trinajstić information content (AvgIpc) is 2.27. The third kappa shape index (κ3) is 2.23. The monoisotopic (exact) mass is 182 g/mol. The molecular formula is C11H22N2. The maximum absolute atomic E-state index is 5.72. The molecule has 2 fully saturated rings. The molecule has 13 heavy (non-hydrogen) atoms. The van der Waals surface area contributed by atoms with Gasteiger partial charge in [-0.05, 0) is 57.7 Å². The molecule has 1 unspecified atom stereocenters. The van der Waals surface area contributed by atoms with Crippen molar-refractivity contribution in [3.8, 4) is 0 Å². The molecule has 1 saturated heterocycles. The van der Waals surface area contributed by atoms with E-state index >= 15 is 0 Å². The second-order valence-electron chi connectivity index (χ2n) is 4.65. The van der Waals surface area contributed by atoms with Crippen molar-refractivity contribution in [3.63, 3.8) is 0 Å². The van der Waals surface area contributed by atoms with E-state index in [1.807, 2.05) is 0 Å². The molecule has 0 spiro atoms. The zero-order valence-electron chi connectivity index (χ0n) is 8.54. The minimum absolute atomic E-state index is 0.810. The number of nitrogens with two attached hydrogens (primary N) is 1. The smallest absolute Gasteiger partial charge is 0.00952 e. The van der Waals surface area contributed by atoms with Gasteiger partial charge in [0.1, 0.15) is 0 Å². The SMILES string of the molecule is NCC1CCCN(C2CCC2)CC1. The molecule has 1 aliphatic carbocycles. The van der Waals surface area contributed by atoms with Crippen LogP contribution >= 0.6 is 0 Å². The van der Waals surface area contributed by atoms with E-state index in [2.05, 4.69) is 4.90 Å². The van der Waals surface area contributed by atoms with Gasteiger partial charge < -0.3 is 10.6 Å². The molecule has 1 atom stereocenters. The van der Waals surface area contributed by atoms with Crippen LogP contribution in [0.2, 0.25) is 0 Å². The largest absolute Gasteiger partial charge is 0.330 e. The van der Waals surface area contributed by atoms with Gasteiger partial charge in [0.15, 0.2) is 0 Å². The standard InChI is InChI=1S/C11H22N2/c12-9-10-3-2-7-13(8-6-10)11-4-1-5-11/h10-11H,1-9,12H2. The van der Waals surface area contributed by atoms with Gasteiger partial charge in [-0.15, -0.1) is 0 Å². The number of hydrogen-bond acceptors (Lipinski definition) is 2. The first-order valence-electron chi connectivity index (χ1n) is 5.84. The van der Waals surface area contributed by atoms with Crippen LogP contribution in [0.3, 0.4) is 0 Å². The summed E-state index contributed by atoms with van der Waals surface area (Å²) >= 11 is 0. The van der Waals surface area contributed by atoms with E-state index in [0.29, 0.717) is 0 Å². The van der Waals surface area contributed by atoms with Crippen LogP contribution in [0.1, 0.15) is 38.5 Å². The second kappa shape index (κ2) is 4.43. The van der Waals surface area contributed by atoms with Crippen LogP contribution < -0.4 is 5.73 Å². The molecule has 1 saturated carbocycles. The molecule has 0 amide bonds. The van der Waals surface area contributed by atoms with Crippen LogP contribution in [0.25, 0.3) is 0 Å². The van der Waals surface area contributed by atoms with Crippen LogP contribution in [0, 0.1) is 5.92 Å². The summed E-state index contributed by atoms with van der Waals surface area (Å²) in [6, 6.07) is 0.941. The highest BCUT2D eigenvalue weighted by Gasteiger charge is 2.26. The van der Waals surface area contributed by atoms with E-state index < -0.39 is 0 Å². The summed E-state index contributed by atoms with van der Waals surface area (Å²) in [5.74, 6) is 0.810. The van der Waals surface area contributed by atoms with Crippen molar-refractivity contribution in [1.29, 1.82) is 0 Å². The van der Waals surface area contributed by atoms with E-state index in [-0.39, 0.29) is 0 Å². The predicted molar refractivity (Wildman–Crippen MR) is 55.6 cm³/mol. The topological polar surface area (TPSA) is 29.3 Å². The molecule has 2 nitrogen and oxygen atoms in total. The second-order valence-corrected chi connectivity index (χ2v) is 4.65. The summed E-state index contributed by atoms with van der Waals surface area (Å²) in [5, 5.41) is 0. The Morgan fingerprint density at radius 1 is 1.00 bits per heavy atom. The maximum atomic E-state index is 5.72. The van der Waals surface area contributed by atoms with E-state index in [9.17, 15) is 0 Å². The highest BCUT2D eigenvalue weighted by atomic mass is 15.2. The Hall–Kier alpha value is -0.0800. The average molecular weight is 182 g/mol. The summed E-state index contributed by atoms with van der Waals surface area (Å²) in [6.45, 7) is 3.55. The molecule has 0 aromatic rings. The highest BCUT2D eigenvalue weighted by molar-refractivity contribution is 4.82. The van der Waals surface area contributed by atoms with Gasteiger partial charge in [-0.1, -0.05) is 6.42 Å². The molecule has 1 aliphatic heterocycles. The minimum Gasteiger partial charge on any atom is -0.330 e. The lowest BCUT2D eigenvalue weighted by Crippen LogP contribution is -2.40. The summed E-state index contributed by atoms with van der Waals surface area (Å²) in [5.41, 5.74) is 5.72. The van der Waals surface area contributed by atoms with Crippen LogP contribution in [0.15, 0.2) is 0 Å². The van der Waals surface area contributed by atoms with E-state index in [4.69, 9.17) is 5.73 Å². The minimum atomic E-state index is 0.810. The Bertz CT molecular complexity index is 154. The van der Waals surface area contributed by atoms with Gasteiger partial charge >= 0.3 is 0 Å². The molecule has 0 aromatic carbocycles. The molecule has 2 aliphatic rings. The van der Waals surface area contributed by atoms with Gasteiger partial charge in [0.2, 0.25) is 0 Å². The van der Waals surface area contributed by atoms with E-state index in [0.717, 1.165) is 18.5 Å². The first kappa shape index (κ1) is 9.47. The zero-order valence-corrected chi connectivity index (χ0v) is 8.54. The quantitative estimate of drug-likeness (QED) is 0.703. The van der Waals surface area contributed by atoms with Crippen LogP contribution in [0.5, 0.6) is 0 Å². The molecule has 2 heteroatoms. The zero-order chi connectivity index (χ0) is 9.10. The van der Waals surface area contributed by atoms with Crippen molar-refractivity contribution in [2.45, 2.75) is 44.6 Å². The third-order valence-corrected chi connectivity index (χ3v) is 3.81. The van der Waals surface area contributed by atoms with Gasteiger partial charge in [0.25, 0.3) is 0 Å². The predicted octanol–water partition coefficient (Wildman–Crippen LogP) is 1.60. The van der Waals surface area contributed by atoms with Crippen molar-refractivity contribution in [2.75, 3.05) is 19.6 Å². The maximum Gasteiger partial charge on any atom is 0.00952 e. The Labute approximate surface area is 81.5 Å². The molecule has 0 bridgehead atoms. The van der Waals surface area contributed by atoms with Gasteiger partial charge in [-0.2, -0.15) is 0 Å². The number of rotatable bonds is 2. The molecular weight excluding hydrogens is 160 g/mol. The lowest BCUT2D eigenvalue weighted by Gasteiger charge is -2.36. The first-order valence-corrected chi connectivity index (χ1v) is 5.84. The fraction of sp³-hybridized carbons (Fsp3) is 1.00. The van der Waals surface area contributed by atoms with Gasteiger partial charge in [0, 0.05) is 6.04 Å². The fourth-order valence-corrected chi connectivity index (χ4v) is 2.54. The van der Waals surface area contributed by atoms with Crippen molar-refractivity contribution >= 4 is 0 Å². The lowest BCUT2D eigenvalue weighted by atomic mass is 9.91. The summed E-state index contributed by atoms with van der Waals surface area (Å²) < 4.78 is 0. The Kier molecular flexibility index (Phi) is 3.23. The first-order chi connectivity index (χ1) is 6.40. The van der Waals surface area contributed by atoms with Crippen LogP contribution in [0.4, 0.5) is 0 Å². The summed E-state index contributed by atoms with van der Waals surface area (Å²) in [7, 11) is 0. The van der Waals surface area contributed by atoms with E-state index in [1.54, 1.807) is 0 Å². The molecule has 76 valence electrons. The van der Waals surface area contributed by atoms with Gasteiger partial charge in [-0.25, -0.2) is 0 Å².